The SMILES string of the molecule is Cc1ncsc1CNS(=O)(=O)c1cccc(N)c1. The van der Waals surface area contributed by atoms with Crippen molar-refractivity contribution in [1.82, 2.24) is 9.71 Å². The van der Waals surface area contributed by atoms with Crippen LogP contribution in [0, 0.1) is 6.92 Å². The first-order valence-electron chi connectivity index (χ1n) is 5.23. The lowest BCUT2D eigenvalue weighted by Gasteiger charge is -2.06. The predicted octanol–water partition coefficient (Wildman–Crippen LogP) is 1.51. The summed E-state index contributed by atoms with van der Waals surface area (Å²) in [5, 5.41) is 0. The highest BCUT2D eigenvalue weighted by atomic mass is 32.2. The molecule has 1 heterocycles. The minimum Gasteiger partial charge on any atom is -0.399 e. The number of sulfonamides is 1. The van der Waals surface area contributed by atoms with Gasteiger partial charge < -0.3 is 5.73 Å². The van der Waals surface area contributed by atoms with Gasteiger partial charge in [0.25, 0.3) is 0 Å². The molecule has 0 fully saturated rings. The molecule has 3 N–H and O–H groups in total. The van der Waals surface area contributed by atoms with E-state index in [1.165, 1.54) is 23.5 Å². The molecule has 0 aliphatic carbocycles. The zero-order valence-electron chi connectivity index (χ0n) is 9.75. The average Bonchev–Trinajstić information content (AvgIpc) is 2.72. The van der Waals surface area contributed by atoms with Gasteiger partial charge in [0, 0.05) is 17.1 Å². The van der Waals surface area contributed by atoms with E-state index >= 15 is 0 Å². The molecule has 1 aromatic heterocycles. The summed E-state index contributed by atoms with van der Waals surface area (Å²) in [7, 11) is -3.53. The Kier molecular flexibility index (Phi) is 3.65. The Bertz CT molecular complexity index is 650. The van der Waals surface area contributed by atoms with Gasteiger partial charge in [-0.2, -0.15) is 0 Å². The van der Waals surface area contributed by atoms with Gasteiger partial charge in [0.15, 0.2) is 0 Å². The van der Waals surface area contributed by atoms with Crippen molar-refractivity contribution < 1.29 is 8.42 Å². The Labute approximate surface area is 110 Å². The third-order valence-corrected chi connectivity index (χ3v) is 4.77. The molecular weight excluding hydrogens is 270 g/mol. The second kappa shape index (κ2) is 5.05. The molecule has 0 radical (unpaired) electrons. The van der Waals surface area contributed by atoms with Crippen LogP contribution in [0.2, 0.25) is 0 Å². The number of thiazole rings is 1. The fourth-order valence-corrected chi connectivity index (χ4v) is 3.28. The van der Waals surface area contributed by atoms with Gasteiger partial charge in [0.05, 0.1) is 16.1 Å². The number of anilines is 1. The fraction of sp³-hybridized carbons (Fsp3) is 0.182. The van der Waals surface area contributed by atoms with Crippen molar-refractivity contribution in [2.24, 2.45) is 0 Å². The molecule has 0 aliphatic heterocycles. The molecule has 7 heteroatoms. The third-order valence-electron chi connectivity index (χ3n) is 2.44. The monoisotopic (exact) mass is 283 g/mol. The van der Waals surface area contributed by atoms with Crippen LogP contribution in [0.15, 0.2) is 34.7 Å². The number of aromatic nitrogens is 1. The van der Waals surface area contributed by atoms with Crippen molar-refractivity contribution in [3.63, 3.8) is 0 Å². The van der Waals surface area contributed by atoms with E-state index in [9.17, 15) is 8.42 Å². The highest BCUT2D eigenvalue weighted by Crippen LogP contribution is 2.15. The van der Waals surface area contributed by atoms with Crippen LogP contribution in [0.3, 0.4) is 0 Å². The Balaban J connectivity index is 2.16. The summed E-state index contributed by atoms with van der Waals surface area (Å²) in [5.41, 5.74) is 8.53. The summed E-state index contributed by atoms with van der Waals surface area (Å²) >= 11 is 1.43. The number of benzene rings is 1. The van der Waals surface area contributed by atoms with Crippen molar-refractivity contribution in [2.75, 3.05) is 5.73 Å². The summed E-state index contributed by atoms with van der Waals surface area (Å²) in [6, 6.07) is 6.20. The van der Waals surface area contributed by atoms with E-state index in [0.717, 1.165) is 10.6 Å². The summed E-state index contributed by atoms with van der Waals surface area (Å²) < 4.78 is 26.5. The molecule has 96 valence electrons. The van der Waals surface area contributed by atoms with E-state index in [-0.39, 0.29) is 11.4 Å². The van der Waals surface area contributed by atoms with E-state index in [0.29, 0.717) is 5.69 Å². The molecule has 0 amide bonds. The predicted molar refractivity (Wildman–Crippen MR) is 71.7 cm³/mol. The van der Waals surface area contributed by atoms with Crippen LogP contribution in [-0.4, -0.2) is 13.4 Å². The molecule has 0 saturated carbocycles. The highest BCUT2D eigenvalue weighted by Gasteiger charge is 2.14. The smallest absolute Gasteiger partial charge is 0.240 e. The molecule has 0 atom stereocenters. The molecule has 0 saturated heterocycles. The van der Waals surface area contributed by atoms with Crippen LogP contribution >= 0.6 is 11.3 Å². The molecule has 0 spiro atoms. The maximum absolute atomic E-state index is 12.0. The number of rotatable bonds is 4. The van der Waals surface area contributed by atoms with Gasteiger partial charge >= 0.3 is 0 Å². The maximum Gasteiger partial charge on any atom is 0.240 e. The largest absolute Gasteiger partial charge is 0.399 e. The topological polar surface area (TPSA) is 85.1 Å². The standard InChI is InChI=1S/C11H13N3O2S2/c1-8-11(17-7-13-8)6-14-18(15,16)10-4-2-3-9(12)5-10/h2-5,7,14H,6,12H2,1H3. The van der Waals surface area contributed by atoms with Crippen LogP contribution in [-0.2, 0) is 16.6 Å². The van der Waals surface area contributed by atoms with Crippen molar-refractivity contribution in [3.8, 4) is 0 Å². The quantitative estimate of drug-likeness (QED) is 0.833. The molecule has 2 aromatic rings. The molecular formula is C11H13N3O2S2. The van der Waals surface area contributed by atoms with Crippen molar-refractivity contribution >= 4 is 27.0 Å². The lowest BCUT2D eigenvalue weighted by atomic mass is 10.3. The maximum atomic E-state index is 12.0. The normalized spacial score (nSPS) is 11.6. The average molecular weight is 283 g/mol. The van der Waals surface area contributed by atoms with Gasteiger partial charge in [-0.15, -0.1) is 11.3 Å². The number of nitrogens with one attached hydrogen (secondary N) is 1. The first-order valence-corrected chi connectivity index (χ1v) is 7.59. The Morgan fingerprint density at radius 1 is 1.44 bits per heavy atom. The minimum absolute atomic E-state index is 0.171. The van der Waals surface area contributed by atoms with Gasteiger partial charge in [0.1, 0.15) is 0 Å². The zero-order chi connectivity index (χ0) is 13.2. The number of nitrogens with two attached hydrogens (primary N) is 1. The molecule has 2 rings (SSSR count). The summed E-state index contributed by atoms with van der Waals surface area (Å²) in [6.45, 7) is 2.09. The zero-order valence-corrected chi connectivity index (χ0v) is 11.4. The van der Waals surface area contributed by atoms with Crippen molar-refractivity contribution in [2.45, 2.75) is 18.4 Å². The number of nitrogen functional groups attached to an aromatic ring is 1. The molecule has 1 aromatic carbocycles. The number of aryl methyl sites for hydroxylation is 1. The number of hydrogen-bond donors (Lipinski definition) is 2. The molecule has 0 unspecified atom stereocenters. The van der Waals surface area contributed by atoms with E-state index in [1.807, 2.05) is 6.92 Å². The van der Waals surface area contributed by atoms with Crippen molar-refractivity contribution in [1.29, 1.82) is 0 Å². The minimum atomic E-state index is -3.53. The Morgan fingerprint density at radius 3 is 2.83 bits per heavy atom. The van der Waals surface area contributed by atoms with Crippen LogP contribution in [0.5, 0.6) is 0 Å². The Morgan fingerprint density at radius 2 is 2.22 bits per heavy atom. The Hall–Kier alpha value is -1.44. The van der Waals surface area contributed by atoms with E-state index in [2.05, 4.69) is 9.71 Å². The molecule has 5 nitrogen and oxygen atoms in total. The van der Waals surface area contributed by atoms with Crippen LogP contribution < -0.4 is 10.5 Å². The van der Waals surface area contributed by atoms with Crippen LogP contribution in [0.1, 0.15) is 10.6 Å². The second-order valence-corrected chi connectivity index (χ2v) is 6.46. The first kappa shape index (κ1) is 13.0. The van der Waals surface area contributed by atoms with Gasteiger partial charge in [-0.25, -0.2) is 18.1 Å². The van der Waals surface area contributed by atoms with E-state index in [4.69, 9.17) is 5.73 Å². The fourth-order valence-electron chi connectivity index (χ4n) is 1.42. The number of nitrogens with zero attached hydrogens (tertiary/aromatic N) is 1. The van der Waals surface area contributed by atoms with E-state index < -0.39 is 10.0 Å². The lowest BCUT2D eigenvalue weighted by Crippen LogP contribution is -2.23. The summed E-state index contributed by atoms with van der Waals surface area (Å²) in [5.74, 6) is 0. The summed E-state index contributed by atoms with van der Waals surface area (Å²) in [4.78, 5) is 5.14. The van der Waals surface area contributed by atoms with E-state index in [1.54, 1.807) is 17.6 Å². The third kappa shape index (κ3) is 2.87. The first-order chi connectivity index (χ1) is 8.49. The van der Waals surface area contributed by atoms with Gasteiger partial charge in [-0.1, -0.05) is 6.07 Å². The van der Waals surface area contributed by atoms with Crippen LogP contribution in [0.4, 0.5) is 5.69 Å². The van der Waals surface area contributed by atoms with Crippen LogP contribution in [0.25, 0.3) is 0 Å². The molecule has 0 aliphatic rings. The van der Waals surface area contributed by atoms with Crippen molar-refractivity contribution in [3.05, 3.63) is 40.3 Å². The summed E-state index contributed by atoms with van der Waals surface area (Å²) in [6.07, 6.45) is 0. The lowest BCUT2D eigenvalue weighted by molar-refractivity contribution is 0.581. The second-order valence-electron chi connectivity index (χ2n) is 3.76. The van der Waals surface area contributed by atoms with Gasteiger partial charge in [0.2, 0.25) is 10.0 Å². The molecule has 0 bridgehead atoms. The van der Waals surface area contributed by atoms with Gasteiger partial charge in [-0.3, -0.25) is 0 Å². The van der Waals surface area contributed by atoms with Gasteiger partial charge in [-0.05, 0) is 25.1 Å². The molecule has 18 heavy (non-hydrogen) atoms. The highest BCUT2D eigenvalue weighted by molar-refractivity contribution is 7.89. The number of hydrogen-bond acceptors (Lipinski definition) is 5.